The van der Waals surface area contributed by atoms with Gasteiger partial charge in [0.05, 0.1) is 11.4 Å². The van der Waals surface area contributed by atoms with E-state index < -0.39 is 0 Å². The van der Waals surface area contributed by atoms with Crippen molar-refractivity contribution in [2.75, 3.05) is 5.32 Å². The molecule has 0 amide bonds. The molecule has 1 N–H and O–H groups in total. The van der Waals surface area contributed by atoms with Gasteiger partial charge >= 0.3 is 0 Å². The molecule has 0 radical (unpaired) electrons. The molecule has 31 heavy (non-hydrogen) atoms. The van der Waals surface area contributed by atoms with Gasteiger partial charge in [-0.15, -0.1) is 11.3 Å². The van der Waals surface area contributed by atoms with Gasteiger partial charge in [-0.3, -0.25) is 0 Å². The monoisotopic (exact) mass is 426 g/mol. The van der Waals surface area contributed by atoms with Crippen molar-refractivity contribution in [3.8, 4) is 28.2 Å². The first-order chi connectivity index (χ1) is 15.2. The Labute approximate surface area is 183 Å². The molecule has 152 valence electrons. The average Bonchev–Trinajstić information content (AvgIpc) is 3.44. The van der Waals surface area contributed by atoms with E-state index in [1.54, 1.807) is 28.2 Å². The SMILES string of the molecule is Cc1ccc(Nc2nc(-c3cn(-c4ccc(F)cc4)nc3-c3ccccc3)cs2)cc1. The van der Waals surface area contributed by atoms with Crippen LogP contribution in [0.5, 0.6) is 0 Å². The molecule has 2 heterocycles. The molecule has 0 fully saturated rings. The maximum absolute atomic E-state index is 13.4. The Kier molecular flexibility index (Phi) is 5.06. The van der Waals surface area contributed by atoms with Crippen LogP contribution < -0.4 is 5.32 Å². The van der Waals surface area contributed by atoms with Gasteiger partial charge in [0.25, 0.3) is 0 Å². The number of thiazole rings is 1. The van der Waals surface area contributed by atoms with Gasteiger partial charge in [-0.2, -0.15) is 5.10 Å². The number of anilines is 2. The van der Waals surface area contributed by atoms with Crippen molar-refractivity contribution in [1.29, 1.82) is 0 Å². The summed E-state index contributed by atoms with van der Waals surface area (Å²) in [6.45, 7) is 2.06. The highest BCUT2D eigenvalue weighted by molar-refractivity contribution is 7.14. The quantitative estimate of drug-likeness (QED) is 0.334. The van der Waals surface area contributed by atoms with E-state index in [4.69, 9.17) is 10.1 Å². The van der Waals surface area contributed by atoms with E-state index in [0.29, 0.717) is 0 Å². The van der Waals surface area contributed by atoms with Crippen LogP contribution in [0.15, 0.2) is 90.4 Å². The zero-order valence-corrected chi connectivity index (χ0v) is 17.6. The van der Waals surface area contributed by atoms with Crippen molar-refractivity contribution in [1.82, 2.24) is 14.8 Å². The van der Waals surface area contributed by atoms with E-state index in [9.17, 15) is 4.39 Å². The van der Waals surface area contributed by atoms with E-state index in [0.717, 1.165) is 39.0 Å². The zero-order valence-electron chi connectivity index (χ0n) is 16.8. The number of halogens is 1. The molecule has 0 atom stereocenters. The molecule has 4 nitrogen and oxygen atoms in total. The standard InChI is InChI=1S/C25H19FN4S/c1-17-7-11-20(12-8-17)27-25-28-23(16-31-25)22-15-30(21-13-9-19(26)10-14-21)29-24(22)18-5-3-2-4-6-18/h2-16H,1H3,(H,27,28). The van der Waals surface area contributed by atoms with Crippen molar-refractivity contribution in [3.63, 3.8) is 0 Å². The Morgan fingerprint density at radius 1 is 0.903 bits per heavy atom. The number of aromatic nitrogens is 3. The van der Waals surface area contributed by atoms with Crippen LogP contribution in [0.2, 0.25) is 0 Å². The first-order valence-corrected chi connectivity index (χ1v) is 10.7. The summed E-state index contributed by atoms with van der Waals surface area (Å²) in [6.07, 6.45) is 1.94. The lowest BCUT2D eigenvalue weighted by atomic mass is 10.1. The van der Waals surface area contributed by atoms with Crippen LogP contribution in [0.4, 0.5) is 15.2 Å². The van der Waals surface area contributed by atoms with Gasteiger partial charge in [0, 0.05) is 28.4 Å². The van der Waals surface area contributed by atoms with E-state index in [-0.39, 0.29) is 5.82 Å². The Morgan fingerprint density at radius 2 is 1.65 bits per heavy atom. The summed E-state index contributed by atoms with van der Waals surface area (Å²) in [5, 5.41) is 11.0. The van der Waals surface area contributed by atoms with Gasteiger partial charge in [0.2, 0.25) is 0 Å². The molecule has 3 aromatic carbocycles. The molecule has 0 saturated carbocycles. The highest BCUT2D eigenvalue weighted by Crippen LogP contribution is 2.34. The maximum Gasteiger partial charge on any atom is 0.187 e. The molecule has 2 aromatic heterocycles. The first-order valence-electron chi connectivity index (χ1n) is 9.86. The molecule has 5 aromatic rings. The highest BCUT2D eigenvalue weighted by Gasteiger charge is 2.17. The lowest BCUT2D eigenvalue weighted by Gasteiger charge is -2.02. The second kappa shape index (κ2) is 8.16. The third kappa shape index (κ3) is 4.11. The van der Waals surface area contributed by atoms with Gasteiger partial charge in [-0.05, 0) is 43.3 Å². The number of benzene rings is 3. The predicted molar refractivity (Wildman–Crippen MR) is 125 cm³/mol. The number of hydrogen-bond donors (Lipinski definition) is 1. The van der Waals surface area contributed by atoms with Crippen molar-refractivity contribution in [2.45, 2.75) is 6.92 Å². The molecule has 0 bridgehead atoms. The predicted octanol–water partition coefficient (Wildman–Crippen LogP) is 6.85. The smallest absolute Gasteiger partial charge is 0.187 e. The molecule has 5 rings (SSSR count). The first kappa shape index (κ1) is 19.2. The second-order valence-corrected chi connectivity index (χ2v) is 8.07. The van der Waals surface area contributed by atoms with Gasteiger partial charge in [-0.1, -0.05) is 48.0 Å². The summed E-state index contributed by atoms with van der Waals surface area (Å²) >= 11 is 1.55. The van der Waals surface area contributed by atoms with Gasteiger partial charge < -0.3 is 5.32 Å². The number of nitrogens with zero attached hydrogens (tertiary/aromatic N) is 3. The van der Waals surface area contributed by atoms with E-state index in [1.165, 1.54) is 17.7 Å². The van der Waals surface area contributed by atoms with Gasteiger partial charge in [0.1, 0.15) is 11.5 Å². The lowest BCUT2D eigenvalue weighted by Crippen LogP contribution is -1.94. The number of hydrogen-bond acceptors (Lipinski definition) is 4. The fourth-order valence-electron chi connectivity index (χ4n) is 3.31. The topological polar surface area (TPSA) is 42.7 Å². The van der Waals surface area contributed by atoms with Crippen LogP contribution in [-0.4, -0.2) is 14.8 Å². The van der Waals surface area contributed by atoms with Crippen molar-refractivity contribution >= 4 is 22.2 Å². The van der Waals surface area contributed by atoms with E-state index in [1.807, 2.05) is 54.0 Å². The van der Waals surface area contributed by atoms with Crippen LogP contribution in [0.25, 0.3) is 28.2 Å². The minimum absolute atomic E-state index is 0.272. The lowest BCUT2D eigenvalue weighted by molar-refractivity contribution is 0.627. The zero-order chi connectivity index (χ0) is 21.2. The number of aryl methyl sites for hydroxylation is 1. The summed E-state index contributed by atoms with van der Waals surface area (Å²) in [5.41, 5.74) is 6.59. The molecule has 0 saturated heterocycles. The van der Waals surface area contributed by atoms with Gasteiger partial charge in [0.15, 0.2) is 5.13 Å². The van der Waals surface area contributed by atoms with E-state index in [2.05, 4.69) is 24.4 Å². The Hall–Kier alpha value is -3.77. The molecule has 0 spiro atoms. The minimum atomic E-state index is -0.272. The highest BCUT2D eigenvalue weighted by atomic mass is 32.1. The Balaban J connectivity index is 1.54. The van der Waals surface area contributed by atoms with Crippen LogP contribution >= 0.6 is 11.3 Å². The molecule has 6 heteroatoms. The van der Waals surface area contributed by atoms with Gasteiger partial charge in [-0.25, -0.2) is 14.1 Å². The third-order valence-electron chi connectivity index (χ3n) is 4.94. The fraction of sp³-hybridized carbons (Fsp3) is 0.0400. The average molecular weight is 427 g/mol. The summed E-state index contributed by atoms with van der Waals surface area (Å²) in [7, 11) is 0. The summed E-state index contributed by atoms with van der Waals surface area (Å²) < 4.78 is 15.1. The largest absolute Gasteiger partial charge is 0.332 e. The van der Waals surface area contributed by atoms with Crippen molar-refractivity contribution in [3.05, 3.63) is 102 Å². The van der Waals surface area contributed by atoms with Crippen molar-refractivity contribution < 1.29 is 4.39 Å². The maximum atomic E-state index is 13.4. The second-order valence-electron chi connectivity index (χ2n) is 7.21. The molecule has 0 unspecified atom stereocenters. The molecule has 0 aliphatic heterocycles. The van der Waals surface area contributed by atoms with E-state index >= 15 is 0 Å². The Morgan fingerprint density at radius 3 is 2.39 bits per heavy atom. The normalized spacial score (nSPS) is 10.9. The van der Waals surface area contributed by atoms with Crippen LogP contribution in [0.1, 0.15) is 5.56 Å². The fourth-order valence-corrected chi connectivity index (χ4v) is 4.04. The summed E-state index contributed by atoms with van der Waals surface area (Å²) in [6, 6.07) is 24.5. The Bertz CT molecular complexity index is 1310. The number of nitrogens with one attached hydrogen (secondary N) is 1. The molecular formula is C25H19FN4S. The summed E-state index contributed by atoms with van der Waals surface area (Å²) in [4.78, 5) is 4.80. The van der Waals surface area contributed by atoms with Crippen LogP contribution in [0, 0.1) is 12.7 Å². The molecule has 0 aliphatic carbocycles. The molecule has 0 aliphatic rings. The number of rotatable bonds is 5. The summed E-state index contributed by atoms with van der Waals surface area (Å²) in [5.74, 6) is -0.272. The van der Waals surface area contributed by atoms with Crippen molar-refractivity contribution in [2.24, 2.45) is 0 Å². The van der Waals surface area contributed by atoms with Crippen LogP contribution in [-0.2, 0) is 0 Å². The molecular weight excluding hydrogens is 407 g/mol. The third-order valence-corrected chi connectivity index (χ3v) is 5.69. The minimum Gasteiger partial charge on any atom is -0.332 e. The van der Waals surface area contributed by atoms with Crippen LogP contribution in [0.3, 0.4) is 0 Å².